The third kappa shape index (κ3) is 2.82. The van der Waals surface area contributed by atoms with Gasteiger partial charge in [-0.25, -0.2) is 0 Å². The van der Waals surface area contributed by atoms with Crippen molar-refractivity contribution in [1.82, 2.24) is 4.90 Å². The highest BCUT2D eigenvalue weighted by Crippen LogP contribution is 2.53. The van der Waals surface area contributed by atoms with Crippen molar-refractivity contribution in [2.24, 2.45) is 22.7 Å². The number of rotatable bonds is 1. The Kier molecular flexibility index (Phi) is 4.88. The Bertz CT molecular complexity index is 950. The Hall–Kier alpha value is -2.95. The summed E-state index contributed by atoms with van der Waals surface area (Å²) < 4.78 is 0. The zero-order valence-electron chi connectivity index (χ0n) is 16.1. The van der Waals surface area contributed by atoms with Crippen molar-refractivity contribution < 1.29 is 4.79 Å². The average molecular weight is 392 g/mol. The van der Waals surface area contributed by atoms with Crippen LogP contribution in [0.25, 0.3) is 0 Å². The highest BCUT2D eigenvalue weighted by molar-refractivity contribution is 7.08. The molecule has 7 heteroatoms. The smallest absolute Gasteiger partial charge is 0.228 e. The van der Waals surface area contributed by atoms with Crippen LogP contribution in [0, 0.1) is 62.1 Å². The van der Waals surface area contributed by atoms with Gasteiger partial charge >= 0.3 is 0 Å². The van der Waals surface area contributed by atoms with Gasteiger partial charge in [0.2, 0.25) is 5.91 Å². The number of nitriles is 3. The van der Waals surface area contributed by atoms with Crippen LogP contribution in [0.3, 0.4) is 0 Å². The van der Waals surface area contributed by atoms with E-state index < -0.39 is 22.7 Å². The molecule has 0 radical (unpaired) electrons. The molecule has 28 heavy (non-hydrogen) atoms. The minimum absolute atomic E-state index is 0.0134. The van der Waals surface area contributed by atoms with Gasteiger partial charge in [-0.3, -0.25) is 4.79 Å². The van der Waals surface area contributed by atoms with Crippen LogP contribution < -0.4 is 0 Å². The van der Waals surface area contributed by atoms with Crippen LogP contribution in [0.4, 0.5) is 0 Å². The second-order valence-corrected chi connectivity index (χ2v) is 9.09. The van der Waals surface area contributed by atoms with Crippen LogP contribution in [0.5, 0.6) is 0 Å². The van der Waals surface area contributed by atoms with Crippen molar-refractivity contribution in [3.63, 3.8) is 0 Å². The van der Waals surface area contributed by atoms with Gasteiger partial charge in [-0.2, -0.15) is 27.1 Å². The van der Waals surface area contributed by atoms with Crippen LogP contribution in [-0.4, -0.2) is 29.6 Å². The Morgan fingerprint density at radius 1 is 1.32 bits per heavy atom. The van der Waals surface area contributed by atoms with Crippen molar-refractivity contribution in [3.05, 3.63) is 34.0 Å². The van der Waals surface area contributed by atoms with Crippen LogP contribution >= 0.6 is 11.3 Å². The van der Waals surface area contributed by atoms with E-state index >= 15 is 0 Å². The molecule has 1 aromatic rings. The molecular formula is C21H21N5OS. The summed E-state index contributed by atoms with van der Waals surface area (Å²) in [4.78, 5) is 14.6. The van der Waals surface area contributed by atoms with Gasteiger partial charge in [0.15, 0.2) is 5.41 Å². The minimum Gasteiger partial charge on any atom is -0.338 e. The highest BCUT2D eigenvalue weighted by atomic mass is 32.1. The molecule has 0 bridgehead atoms. The molecule has 1 amide bonds. The molecule has 2 heterocycles. The van der Waals surface area contributed by atoms with Crippen LogP contribution in [-0.2, 0) is 4.79 Å². The van der Waals surface area contributed by atoms with E-state index in [4.69, 9.17) is 5.41 Å². The van der Waals surface area contributed by atoms with Gasteiger partial charge in [0, 0.05) is 30.3 Å². The Balaban J connectivity index is 2.18. The first kappa shape index (κ1) is 19.8. The third-order valence-corrected chi connectivity index (χ3v) is 6.32. The fraction of sp³-hybridized carbons (Fsp3) is 0.476. The van der Waals surface area contributed by atoms with Gasteiger partial charge in [0.05, 0.1) is 23.9 Å². The van der Waals surface area contributed by atoms with E-state index in [9.17, 15) is 20.6 Å². The number of nitrogens with zero attached hydrogens (tertiary/aromatic N) is 4. The maximum atomic E-state index is 12.9. The number of thiophene rings is 1. The molecule has 1 N–H and O–H groups in total. The Morgan fingerprint density at radius 2 is 2.00 bits per heavy atom. The summed E-state index contributed by atoms with van der Waals surface area (Å²) in [6.45, 7) is 6.27. The molecule has 3 atom stereocenters. The van der Waals surface area contributed by atoms with E-state index in [1.165, 1.54) is 11.3 Å². The summed E-state index contributed by atoms with van der Waals surface area (Å²) in [5.74, 6) is -1.87. The molecule has 0 saturated heterocycles. The number of carbonyl (C=O) groups is 1. The monoisotopic (exact) mass is 391 g/mol. The normalized spacial score (nSPS) is 26.3. The molecule has 0 aromatic carbocycles. The highest BCUT2D eigenvalue weighted by Gasteiger charge is 2.58. The lowest BCUT2D eigenvalue weighted by atomic mass is 9.54. The van der Waals surface area contributed by atoms with Gasteiger partial charge in [0.1, 0.15) is 5.92 Å². The minimum atomic E-state index is -1.72. The quantitative estimate of drug-likeness (QED) is 0.738. The SMILES string of the molecule is CC(C)(C)C(=O)N1CC=C2C(C#N)C(=N)C(C#N)(C#N)[C@H](c3ccsc3)[C@H]2C1. The van der Waals surface area contributed by atoms with Gasteiger partial charge < -0.3 is 10.3 Å². The molecule has 1 fully saturated rings. The molecule has 0 spiro atoms. The van der Waals surface area contributed by atoms with E-state index in [2.05, 4.69) is 18.2 Å². The zero-order chi connectivity index (χ0) is 20.7. The summed E-state index contributed by atoms with van der Waals surface area (Å²) in [6, 6.07) is 8.11. The average Bonchev–Trinajstić information content (AvgIpc) is 3.19. The van der Waals surface area contributed by atoms with E-state index in [0.29, 0.717) is 13.1 Å². The van der Waals surface area contributed by atoms with E-state index in [-0.39, 0.29) is 17.5 Å². The summed E-state index contributed by atoms with van der Waals surface area (Å²) in [5.41, 5.74) is -0.884. The molecule has 2 aliphatic rings. The predicted molar refractivity (Wildman–Crippen MR) is 105 cm³/mol. The fourth-order valence-corrected chi connectivity index (χ4v) is 4.97. The number of amides is 1. The second kappa shape index (κ2) is 6.89. The summed E-state index contributed by atoms with van der Waals surface area (Å²) >= 11 is 1.46. The topological polar surface area (TPSA) is 116 Å². The van der Waals surface area contributed by atoms with Gasteiger partial charge in [-0.15, -0.1) is 0 Å². The van der Waals surface area contributed by atoms with Crippen LogP contribution in [0.1, 0.15) is 32.3 Å². The zero-order valence-corrected chi connectivity index (χ0v) is 16.9. The molecule has 1 saturated carbocycles. The molecular weight excluding hydrogens is 370 g/mol. The lowest BCUT2D eigenvalue weighted by Crippen LogP contribution is -2.54. The summed E-state index contributed by atoms with van der Waals surface area (Å²) in [7, 11) is 0. The molecule has 1 aliphatic carbocycles. The molecule has 142 valence electrons. The predicted octanol–water partition coefficient (Wildman–Crippen LogP) is 3.47. The standard InChI is InChI=1S/C21H21N5OS/c1-20(2,3)19(27)26-6-4-14-15(8-22)18(25)21(11-23,12-24)17(16(14)9-26)13-5-7-28-10-13/h4-5,7,10,15-17,25H,6,9H2,1-3H3/t15?,16-,17+/m0/s1. The number of hydrogen-bond acceptors (Lipinski definition) is 6. The first-order chi connectivity index (χ1) is 13.2. The van der Waals surface area contributed by atoms with E-state index in [1.807, 2.05) is 43.7 Å². The number of nitrogens with one attached hydrogen (secondary N) is 1. The first-order valence-corrected chi connectivity index (χ1v) is 9.98. The Morgan fingerprint density at radius 3 is 2.50 bits per heavy atom. The van der Waals surface area contributed by atoms with Crippen LogP contribution in [0.2, 0.25) is 0 Å². The third-order valence-electron chi connectivity index (χ3n) is 5.62. The van der Waals surface area contributed by atoms with Crippen molar-refractivity contribution in [2.75, 3.05) is 13.1 Å². The number of hydrogen-bond donors (Lipinski definition) is 1. The molecule has 6 nitrogen and oxygen atoms in total. The molecule has 1 aliphatic heterocycles. The van der Waals surface area contributed by atoms with Crippen molar-refractivity contribution >= 4 is 23.0 Å². The van der Waals surface area contributed by atoms with Gasteiger partial charge in [-0.1, -0.05) is 26.8 Å². The van der Waals surface area contributed by atoms with E-state index in [0.717, 1.165) is 11.1 Å². The Labute approximate surface area is 168 Å². The largest absolute Gasteiger partial charge is 0.338 e. The van der Waals surface area contributed by atoms with Gasteiger partial charge in [-0.05, 0) is 28.0 Å². The van der Waals surface area contributed by atoms with Crippen molar-refractivity contribution in [3.8, 4) is 18.2 Å². The van der Waals surface area contributed by atoms with Crippen molar-refractivity contribution in [1.29, 1.82) is 21.2 Å². The summed E-state index contributed by atoms with van der Waals surface area (Å²) in [5, 5.41) is 42.0. The summed E-state index contributed by atoms with van der Waals surface area (Å²) in [6.07, 6.45) is 1.85. The van der Waals surface area contributed by atoms with Crippen molar-refractivity contribution in [2.45, 2.75) is 26.7 Å². The van der Waals surface area contributed by atoms with Crippen LogP contribution in [0.15, 0.2) is 28.5 Å². The number of carbonyl (C=O) groups excluding carboxylic acids is 1. The fourth-order valence-electron chi connectivity index (χ4n) is 4.28. The first-order valence-electron chi connectivity index (χ1n) is 9.03. The maximum Gasteiger partial charge on any atom is 0.228 e. The lowest BCUT2D eigenvalue weighted by molar-refractivity contribution is -0.139. The molecule has 3 rings (SSSR count). The maximum absolute atomic E-state index is 12.9. The molecule has 1 aromatic heterocycles. The van der Waals surface area contributed by atoms with Gasteiger partial charge in [0.25, 0.3) is 0 Å². The second-order valence-electron chi connectivity index (χ2n) is 8.31. The number of fused-ring (bicyclic) bond motifs is 1. The van der Waals surface area contributed by atoms with E-state index in [1.54, 1.807) is 4.90 Å². The lowest BCUT2D eigenvalue weighted by Gasteiger charge is -2.48. The molecule has 1 unspecified atom stereocenters.